The van der Waals surface area contributed by atoms with E-state index in [1.165, 1.54) is 0 Å². The fraction of sp³-hybridized carbons (Fsp3) is 0.118. The van der Waals surface area contributed by atoms with Crippen LogP contribution in [0.25, 0.3) is 5.82 Å². The molecule has 2 amide bonds. The van der Waals surface area contributed by atoms with E-state index in [1.807, 2.05) is 41.1 Å². The van der Waals surface area contributed by atoms with E-state index >= 15 is 0 Å². The Kier molecular flexibility index (Phi) is 5.08. The van der Waals surface area contributed by atoms with E-state index in [4.69, 9.17) is 11.6 Å². The molecule has 1 aromatic carbocycles. The van der Waals surface area contributed by atoms with Crippen LogP contribution in [0.1, 0.15) is 11.1 Å². The summed E-state index contributed by atoms with van der Waals surface area (Å²) < 4.78 is 1.81. The molecule has 2 aromatic heterocycles. The fourth-order valence-electron chi connectivity index (χ4n) is 2.13. The van der Waals surface area contributed by atoms with Crippen LogP contribution in [0.3, 0.4) is 0 Å². The number of aromatic nitrogens is 3. The lowest BCUT2D eigenvalue weighted by atomic mass is 10.2. The lowest BCUT2D eigenvalue weighted by Crippen LogP contribution is -2.34. The molecule has 0 fully saturated rings. The molecular formula is C17H16ClN5O. The van der Waals surface area contributed by atoms with Gasteiger partial charge in [0.1, 0.15) is 12.1 Å². The van der Waals surface area contributed by atoms with Crippen molar-refractivity contribution in [2.45, 2.75) is 13.1 Å². The summed E-state index contributed by atoms with van der Waals surface area (Å²) in [5.74, 6) is 0.777. The first-order valence-corrected chi connectivity index (χ1v) is 7.78. The van der Waals surface area contributed by atoms with Crippen molar-refractivity contribution in [3.8, 4) is 5.82 Å². The summed E-state index contributed by atoms with van der Waals surface area (Å²) in [4.78, 5) is 20.2. The first kappa shape index (κ1) is 16.0. The van der Waals surface area contributed by atoms with Gasteiger partial charge in [-0.05, 0) is 23.3 Å². The number of pyridine rings is 1. The van der Waals surface area contributed by atoms with Crippen molar-refractivity contribution in [2.75, 3.05) is 0 Å². The number of rotatable bonds is 5. The molecule has 3 aromatic rings. The molecule has 0 radical (unpaired) electrons. The zero-order valence-corrected chi connectivity index (χ0v) is 13.6. The highest BCUT2D eigenvalue weighted by Crippen LogP contribution is 2.14. The van der Waals surface area contributed by atoms with E-state index in [0.29, 0.717) is 18.1 Å². The molecule has 0 atom stereocenters. The third kappa shape index (κ3) is 4.11. The number of carbonyl (C=O) groups is 1. The van der Waals surface area contributed by atoms with Crippen LogP contribution < -0.4 is 10.6 Å². The Bertz CT molecular complexity index is 802. The number of hydrogen-bond donors (Lipinski definition) is 2. The molecule has 7 heteroatoms. The van der Waals surface area contributed by atoms with Gasteiger partial charge in [-0.3, -0.25) is 4.57 Å². The molecular weight excluding hydrogens is 326 g/mol. The molecule has 0 aliphatic carbocycles. The normalized spacial score (nSPS) is 10.4. The summed E-state index contributed by atoms with van der Waals surface area (Å²) in [6.07, 6.45) is 6.93. The van der Waals surface area contributed by atoms with E-state index in [9.17, 15) is 4.79 Å². The molecule has 3 rings (SSSR count). The second-order valence-corrected chi connectivity index (χ2v) is 5.53. The molecule has 0 aliphatic rings. The Hall–Kier alpha value is -2.86. The van der Waals surface area contributed by atoms with Crippen molar-refractivity contribution in [2.24, 2.45) is 0 Å². The number of urea groups is 1. The largest absolute Gasteiger partial charge is 0.334 e. The maximum Gasteiger partial charge on any atom is 0.315 e. The van der Waals surface area contributed by atoms with Crippen molar-refractivity contribution in [3.63, 3.8) is 0 Å². The van der Waals surface area contributed by atoms with Crippen molar-refractivity contribution in [1.29, 1.82) is 0 Å². The van der Waals surface area contributed by atoms with E-state index in [-0.39, 0.29) is 6.03 Å². The van der Waals surface area contributed by atoms with E-state index in [0.717, 1.165) is 16.9 Å². The van der Waals surface area contributed by atoms with Gasteiger partial charge in [-0.1, -0.05) is 35.9 Å². The molecule has 0 saturated heterocycles. The quantitative estimate of drug-likeness (QED) is 0.749. The van der Waals surface area contributed by atoms with Crippen LogP contribution in [0.5, 0.6) is 0 Å². The van der Waals surface area contributed by atoms with Gasteiger partial charge < -0.3 is 10.6 Å². The molecule has 0 saturated carbocycles. The highest BCUT2D eigenvalue weighted by molar-refractivity contribution is 6.31. The van der Waals surface area contributed by atoms with Gasteiger partial charge in [0.15, 0.2) is 0 Å². The second kappa shape index (κ2) is 7.61. The number of nitrogens with zero attached hydrogens (tertiary/aromatic N) is 3. The van der Waals surface area contributed by atoms with E-state index < -0.39 is 0 Å². The standard InChI is InChI=1S/C17H16ClN5O/c18-15-4-2-1-3-14(15)11-22-17(24)21-10-13-5-6-16(20-9-13)23-8-7-19-12-23/h1-9,12H,10-11H2,(H2,21,22,24). The smallest absolute Gasteiger partial charge is 0.315 e. The minimum absolute atomic E-state index is 0.256. The molecule has 2 heterocycles. The van der Waals surface area contributed by atoms with Gasteiger partial charge in [-0.25, -0.2) is 14.8 Å². The molecule has 0 aliphatic heterocycles. The lowest BCUT2D eigenvalue weighted by Gasteiger charge is -2.09. The fourth-order valence-corrected chi connectivity index (χ4v) is 2.33. The van der Waals surface area contributed by atoms with E-state index in [1.54, 1.807) is 24.8 Å². The highest BCUT2D eigenvalue weighted by atomic mass is 35.5. The topological polar surface area (TPSA) is 71.8 Å². The average Bonchev–Trinajstić information content (AvgIpc) is 3.14. The molecule has 24 heavy (non-hydrogen) atoms. The molecule has 6 nitrogen and oxygen atoms in total. The number of halogens is 1. The van der Waals surface area contributed by atoms with Gasteiger partial charge in [0.25, 0.3) is 0 Å². The predicted molar refractivity (Wildman–Crippen MR) is 91.9 cm³/mol. The zero-order chi connectivity index (χ0) is 16.8. The minimum atomic E-state index is -0.256. The number of benzene rings is 1. The molecule has 122 valence electrons. The maximum absolute atomic E-state index is 11.9. The second-order valence-electron chi connectivity index (χ2n) is 5.12. The van der Waals surface area contributed by atoms with Crippen LogP contribution in [-0.2, 0) is 13.1 Å². The highest BCUT2D eigenvalue weighted by Gasteiger charge is 2.04. The monoisotopic (exact) mass is 341 g/mol. The van der Waals surface area contributed by atoms with Gasteiger partial charge in [-0.2, -0.15) is 0 Å². The van der Waals surface area contributed by atoms with Crippen molar-refractivity contribution in [1.82, 2.24) is 25.2 Å². The van der Waals surface area contributed by atoms with Gasteiger partial charge in [0.2, 0.25) is 0 Å². The summed E-state index contributed by atoms with van der Waals surface area (Å²) >= 11 is 6.05. The van der Waals surface area contributed by atoms with Crippen LogP contribution >= 0.6 is 11.6 Å². The number of amides is 2. The van der Waals surface area contributed by atoms with Gasteiger partial charge >= 0.3 is 6.03 Å². The summed E-state index contributed by atoms with van der Waals surface area (Å²) in [6, 6.07) is 10.9. The first-order chi connectivity index (χ1) is 11.7. The van der Waals surface area contributed by atoms with Crippen LogP contribution in [0.15, 0.2) is 61.3 Å². The van der Waals surface area contributed by atoms with Crippen molar-refractivity contribution in [3.05, 3.63) is 77.5 Å². The maximum atomic E-state index is 11.9. The van der Waals surface area contributed by atoms with E-state index in [2.05, 4.69) is 20.6 Å². The van der Waals surface area contributed by atoms with Crippen LogP contribution in [-0.4, -0.2) is 20.6 Å². The number of hydrogen-bond acceptors (Lipinski definition) is 3. The summed E-state index contributed by atoms with van der Waals surface area (Å²) in [5.41, 5.74) is 1.78. The third-order valence-corrected chi connectivity index (χ3v) is 3.80. The Morgan fingerprint density at radius 2 is 1.96 bits per heavy atom. The van der Waals surface area contributed by atoms with Crippen molar-refractivity contribution >= 4 is 17.6 Å². The zero-order valence-electron chi connectivity index (χ0n) is 12.8. The van der Waals surface area contributed by atoms with Gasteiger partial charge in [0.05, 0.1) is 0 Å². The molecule has 2 N–H and O–H groups in total. The van der Waals surface area contributed by atoms with Gasteiger partial charge in [-0.15, -0.1) is 0 Å². The first-order valence-electron chi connectivity index (χ1n) is 7.41. The van der Waals surface area contributed by atoms with Gasteiger partial charge in [0, 0.05) is 36.7 Å². The van der Waals surface area contributed by atoms with Crippen LogP contribution in [0.4, 0.5) is 4.79 Å². The third-order valence-electron chi connectivity index (χ3n) is 3.43. The Morgan fingerprint density at radius 3 is 2.67 bits per heavy atom. The summed E-state index contributed by atoms with van der Waals surface area (Å²) in [7, 11) is 0. The predicted octanol–water partition coefficient (Wildman–Crippen LogP) is 2.92. The minimum Gasteiger partial charge on any atom is -0.334 e. The Labute approximate surface area is 144 Å². The average molecular weight is 342 g/mol. The molecule has 0 spiro atoms. The van der Waals surface area contributed by atoms with Crippen LogP contribution in [0, 0.1) is 0 Å². The molecule has 0 bridgehead atoms. The lowest BCUT2D eigenvalue weighted by molar-refractivity contribution is 0.240. The SMILES string of the molecule is O=C(NCc1ccc(-n2ccnc2)nc1)NCc1ccccc1Cl. The molecule has 0 unspecified atom stereocenters. The Morgan fingerprint density at radius 1 is 1.12 bits per heavy atom. The number of carbonyl (C=O) groups excluding carboxylic acids is 1. The summed E-state index contributed by atoms with van der Waals surface area (Å²) in [6.45, 7) is 0.773. The van der Waals surface area contributed by atoms with Crippen molar-refractivity contribution < 1.29 is 4.79 Å². The summed E-state index contributed by atoms with van der Waals surface area (Å²) in [5, 5.41) is 6.20. The van der Waals surface area contributed by atoms with Crippen LogP contribution in [0.2, 0.25) is 5.02 Å². The Balaban J connectivity index is 1.48. The number of nitrogens with one attached hydrogen (secondary N) is 2. The number of imidazole rings is 1.